The lowest BCUT2D eigenvalue weighted by atomic mass is 10.1. The molecule has 1 fully saturated rings. The molecular formula is C13H13NO2. The van der Waals surface area contributed by atoms with Gasteiger partial charge in [-0.1, -0.05) is 19.1 Å². The van der Waals surface area contributed by atoms with Crippen LogP contribution in [0.1, 0.15) is 40.5 Å². The maximum Gasteiger partial charge on any atom is 0.261 e. The van der Waals surface area contributed by atoms with Crippen molar-refractivity contribution in [3.63, 3.8) is 0 Å². The Morgan fingerprint density at radius 3 is 2.06 bits per heavy atom. The lowest BCUT2D eigenvalue weighted by molar-refractivity contribution is 0.0625. The molecule has 0 atom stereocenters. The molecule has 1 aromatic rings. The molecule has 0 spiro atoms. The van der Waals surface area contributed by atoms with Crippen LogP contribution in [0.15, 0.2) is 24.3 Å². The van der Waals surface area contributed by atoms with Crippen molar-refractivity contribution in [2.24, 2.45) is 5.41 Å². The highest BCUT2D eigenvalue weighted by molar-refractivity contribution is 6.21. The van der Waals surface area contributed by atoms with Gasteiger partial charge in [-0.15, -0.1) is 0 Å². The van der Waals surface area contributed by atoms with Crippen molar-refractivity contribution in [1.82, 2.24) is 4.90 Å². The van der Waals surface area contributed by atoms with Gasteiger partial charge < -0.3 is 0 Å². The molecule has 0 aromatic heterocycles. The number of benzene rings is 1. The van der Waals surface area contributed by atoms with Crippen LogP contribution in [0.2, 0.25) is 0 Å². The maximum atomic E-state index is 12.0. The summed E-state index contributed by atoms with van der Waals surface area (Å²) in [5.41, 5.74) is 1.28. The quantitative estimate of drug-likeness (QED) is 0.708. The third-order valence-corrected chi connectivity index (χ3v) is 3.52. The molecule has 3 rings (SSSR count). The van der Waals surface area contributed by atoms with Gasteiger partial charge in [-0.05, 0) is 30.4 Å². The number of amides is 2. The SMILES string of the molecule is CC1(CN2C(=O)c3ccccc3C2=O)CC1. The van der Waals surface area contributed by atoms with E-state index >= 15 is 0 Å². The van der Waals surface area contributed by atoms with Crippen molar-refractivity contribution >= 4 is 11.8 Å². The average Bonchev–Trinajstić information content (AvgIpc) is 2.97. The van der Waals surface area contributed by atoms with Crippen LogP contribution in [0.4, 0.5) is 0 Å². The Morgan fingerprint density at radius 2 is 1.62 bits per heavy atom. The van der Waals surface area contributed by atoms with Crippen molar-refractivity contribution in [2.75, 3.05) is 6.54 Å². The largest absolute Gasteiger partial charge is 0.274 e. The number of hydrogen-bond donors (Lipinski definition) is 0. The van der Waals surface area contributed by atoms with Crippen LogP contribution < -0.4 is 0 Å². The third-order valence-electron chi connectivity index (χ3n) is 3.52. The van der Waals surface area contributed by atoms with Crippen LogP contribution in [-0.2, 0) is 0 Å². The molecule has 1 aromatic carbocycles. The van der Waals surface area contributed by atoms with E-state index in [9.17, 15) is 9.59 Å². The van der Waals surface area contributed by atoms with Crippen molar-refractivity contribution in [3.8, 4) is 0 Å². The first-order chi connectivity index (χ1) is 7.61. The number of fused-ring (bicyclic) bond motifs is 1. The zero-order chi connectivity index (χ0) is 11.3. The first-order valence-corrected chi connectivity index (χ1v) is 5.56. The van der Waals surface area contributed by atoms with Gasteiger partial charge in [0.05, 0.1) is 11.1 Å². The highest BCUT2D eigenvalue weighted by Gasteiger charge is 2.44. The van der Waals surface area contributed by atoms with Crippen LogP contribution in [0.5, 0.6) is 0 Å². The van der Waals surface area contributed by atoms with Gasteiger partial charge in [-0.2, -0.15) is 0 Å². The average molecular weight is 215 g/mol. The Hall–Kier alpha value is -1.64. The van der Waals surface area contributed by atoms with E-state index in [1.807, 2.05) is 0 Å². The molecule has 2 amide bonds. The molecule has 0 radical (unpaired) electrons. The number of carbonyl (C=O) groups is 2. The Labute approximate surface area is 94.1 Å². The fourth-order valence-electron chi connectivity index (χ4n) is 2.14. The first-order valence-electron chi connectivity index (χ1n) is 5.56. The zero-order valence-corrected chi connectivity index (χ0v) is 9.19. The fourth-order valence-corrected chi connectivity index (χ4v) is 2.14. The fraction of sp³-hybridized carbons (Fsp3) is 0.385. The van der Waals surface area contributed by atoms with Gasteiger partial charge in [0.15, 0.2) is 0 Å². The Morgan fingerprint density at radius 1 is 1.12 bits per heavy atom. The normalized spacial score (nSPS) is 21.2. The number of nitrogens with zero attached hydrogens (tertiary/aromatic N) is 1. The summed E-state index contributed by atoms with van der Waals surface area (Å²) in [5.74, 6) is -0.262. The summed E-state index contributed by atoms with van der Waals surface area (Å²) in [7, 11) is 0. The van der Waals surface area contributed by atoms with Gasteiger partial charge in [0.1, 0.15) is 0 Å². The number of hydrogen-bond acceptors (Lipinski definition) is 2. The second-order valence-electron chi connectivity index (χ2n) is 5.05. The summed E-state index contributed by atoms with van der Waals surface area (Å²) < 4.78 is 0. The molecule has 3 heteroatoms. The summed E-state index contributed by atoms with van der Waals surface area (Å²) >= 11 is 0. The Balaban J connectivity index is 1.95. The van der Waals surface area contributed by atoms with Crippen LogP contribution in [0, 0.1) is 5.41 Å². The molecule has 1 aliphatic carbocycles. The summed E-state index contributed by atoms with van der Waals surface area (Å²) in [6, 6.07) is 7.05. The van der Waals surface area contributed by atoms with E-state index in [-0.39, 0.29) is 17.2 Å². The van der Waals surface area contributed by atoms with E-state index in [1.54, 1.807) is 24.3 Å². The van der Waals surface area contributed by atoms with Gasteiger partial charge in [-0.3, -0.25) is 14.5 Å². The molecule has 1 aliphatic heterocycles. The minimum absolute atomic E-state index is 0.131. The number of imide groups is 1. The molecular weight excluding hydrogens is 202 g/mol. The van der Waals surface area contributed by atoms with Gasteiger partial charge in [0, 0.05) is 6.54 Å². The minimum Gasteiger partial charge on any atom is -0.274 e. The van der Waals surface area contributed by atoms with Crippen LogP contribution >= 0.6 is 0 Å². The molecule has 0 bridgehead atoms. The van der Waals surface area contributed by atoms with Crippen molar-refractivity contribution in [3.05, 3.63) is 35.4 Å². The van der Waals surface area contributed by atoms with Gasteiger partial charge in [0.25, 0.3) is 11.8 Å². The molecule has 2 aliphatic rings. The smallest absolute Gasteiger partial charge is 0.261 e. The highest BCUT2D eigenvalue weighted by atomic mass is 16.2. The van der Waals surface area contributed by atoms with Crippen molar-refractivity contribution in [2.45, 2.75) is 19.8 Å². The molecule has 3 nitrogen and oxygen atoms in total. The van der Waals surface area contributed by atoms with Crippen LogP contribution in [0.3, 0.4) is 0 Å². The predicted molar refractivity (Wildman–Crippen MR) is 59.2 cm³/mol. The molecule has 0 N–H and O–H groups in total. The summed E-state index contributed by atoms with van der Waals surface area (Å²) in [5, 5.41) is 0. The second kappa shape index (κ2) is 2.94. The summed E-state index contributed by atoms with van der Waals surface area (Å²) in [6.07, 6.45) is 2.22. The number of rotatable bonds is 2. The topological polar surface area (TPSA) is 37.4 Å². The van der Waals surface area contributed by atoms with E-state index in [4.69, 9.17) is 0 Å². The molecule has 1 heterocycles. The van der Waals surface area contributed by atoms with E-state index in [1.165, 1.54) is 4.90 Å². The molecule has 0 saturated heterocycles. The Bertz CT molecular complexity index is 453. The predicted octanol–water partition coefficient (Wildman–Crippen LogP) is 2.08. The zero-order valence-electron chi connectivity index (χ0n) is 9.19. The third kappa shape index (κ3) is 1.28. The van der Waals surface area contributed by atoms with Gasteiger partial charge in [0.2, 0.25) is 0 Å². The maximum absolute atomic E-state index is 12.0. The van der Waals surface area contributed by atoms with Crippen molar-refractivity contribution < 1.29 is 9.59 Å². The van der Waals surface area contributed by atoms with E-state index in [0.717, 1.165) is 12.8 Å². The van der Waals surface area contributed by atoms with E-state index in [2.05, 4.69) is 6.92 Å². The standard InChI is InChI=1S/C13H13NO2/c1-13(6-7-13)8-14-11(15)9-4-2-3-5-10(9)12(14)16/h2-5H,6-8H2,1H3. The van der Waals surface area contributed by atoms with Crippen molar-refractivity contribution in [1.29, 1.82) is 0 Å². The first kappa shape index (κ1) is 9.58. The molecule has 82 valence electrons. The summed E-state index contributed by atoms with van der Waals surface area (Å²) in [4.78, 5) is 25.4. The van der Waals surface area contributed by atoms with Gasteiger partial charge >= 0.3 is 0 Å². The number of carbonyl (C=O) groups excluding carboxylic acids is 2. The minimum atomic E-state index is -0.131. The van der Waals surface area contributed by atoms with Gasteiger partial charge in [-0.25, -0.2) is 0 Å². The van der Waals surface area contributed by atoms with E-state index < -0.39 is 0 Å². The van der Waals surface area contributed by atoms with E-state index in [0.29, 0.717) is 17.7 Å². The molecule has 1 saturated carbocycles. The van der Waals surface area contributed by atoms with Crippen LogP contribution in [0.25, 0.3) is 0 Å². The summed E-state index contributed by atoms with van der Waals surface area (Å²) in [6.45, 7) is 2.69. The lowest BCUT2D eigenvalue weighted by Gasteiger charge is -2.18. The Kier molecular flexibility index (Phi) is 1.76. The second-order valence-corrected chi connectivity index (χ2v) is 5.05. The monoisotopic (exact) mass is 215 g/mol. The van der Waals surface area contributed by atoms with Crippen LogP contribution in [-0.4, -0.2) is 23.3 Å². The lowest BCUT2D eigenvalue weighted by Crippen LogP contribution is -2.34. The molecule has 16 heavy (non-hydrogen) atoms. The highest BCUT2D eigenvalue weighted by Crippen LogP contribution is 2.46. The molecule has 0 unspecified atom stereocenters.